The van der Waals surface area contributed by atoms with E-state index in [1.165, 1.54) is 36.4 Å². The van der Waals surface area contributed by atoms with Crippen molar-refractivity contribution in [3.63, 3.8) is 0 Å². The van der Waals surface area contributed by atoms with Crippen LogP contribution in [0.5, 0.6) is 11.5 Å². The van der Waals surface area contributed by atoms with Gasteiger partial charge in [-0.3, -0.25) is 9.89 Å². The Balaban J connectivity index is 1.39. The van der Waals surface area contributed by atoms with Crippen LogP contribution in [-0.4, -0.2) is 37.8 Å². The summed E-state index contributed by atoms with van der Waals surface area (Å²) < 4.78 is 13.2. The molecule has 0 saturated heterocycles. The van der Waals surface area contributed by atoms with Crippen molar-refractivity contribution in [1.29, 1.82) is 0 Å². The Hall–Kier alpha value is -4.20. The van der Waals surface area contributed by atoms with Crippen LogP contribution in [0.3, 0.4) is 0 Å². The normalized spacial score (nSPS) is 10.8. The van der Waals surface area contributed by atoms with E-state index in [0.717, 1.165) is 11.4 Å². The standard InChI is InChI=1S/C24H21FN4O3/c25-18-8-6-16(7-9-18)17-13-19(23(31)20(30)14-17)24(32)26-11-10-21-27-22(29-28-21)12-15-4-2-1-3-5-15/h1-9,13-14,30-31H,10-12H2,(H,26,32)(H,27,28,29). The van der Waals surface area contributed by atoms with Crippen LogP contribution in [0.15, 0.2) is 66.7 Å². The quantitative estimate of drug-likeness (QED) is 0.334. The van der Waals surface area contributed by atoms with Crippen LogP contribution in [0.1, 0.15) is 27.6 Å². The SMILES string of the molecule is O=C(NCCc1n[nH]c(Cc2ccccc2)n1)c1cc(-c2ccc(F)cc2)cc(O)c1O. The summed E-state index contributed by atoms with van der Waals surface area (Å²) in [7, 11) is 0. The molecule has 1 aromatic heterocycles. The molecule has 32 heavy (non-hydrogen) atoms. The number of aromatic hydroxyl groups is 2. The second-order valence-electron chi connectivity index (χ2n) is 7.27. The number of aromatic nitrogens is 3. The average molecular weight is 432 g/mol. The lowest BCUT2D eigenvalue weighted by Gasteiger charge is -2.10. The second kappa shape index (κ2) is 9.30. The Morgan fingerprint density at radius 2 is 1.75 bits per heavy atom. The number of carbonyl (C=O) groups is 1. The molecule has 0 aliphatic rings. The predicted molar refractivity (Wildman–Crippen MR) is 117 cm³/mol. The minimum atomic E-state index is -0.554. The highest BCUT2D eigenvalue weighted by Gasteiger charge is 2.17. The van der Waals surface area contributed by atoms with Gasteiger partial charge in [-0.15, -0.1) is 0 Å². The van der Waals surface area contributed by atoms with Gasteiger partial charge >= 0.3 is 0 Å². The highest BCUT2D eigenvalue weighted by molar-refractivity contribution is 5.99. The fourth-order valence-corrected chi connectivity index (χ4v) is 3.30. The van der Waals surface area contributed by atoms with Crippen molar-refractivity contribution in [3.05, 3.63) is 95.3 Å². The van der Waals surface area contributed by atoms with E-state index < -0.39 is 23.2 Å². The summed E-state index contributed by atoms with van der Waals surface area (Å²) in [6, 6.07) is 18.3. The van der Waals surface area contributed by atoms with E-state index in [-0.39, 0.29) is 12.1 Å². The van der Waals surface area contributed by atoms with Gasteiger partial charge in [0.05, 0.1) is 5.56 Å². The zero-order valence-corrected chi connectivity index (χ0v) is 17.0. The first-order valence-electron chi connectivity index (χ1n) is 10.0. The van der Waals surface area contributed by atoms with Gasteiger partial charge in [-0.1, -0.05) is 42.5 Å². The van der Waals surface area contributed by atoms with Gasteiger partial charge < -0.3 is 15.5 Å². The molecule has 4 N–H and O–H groups in total. The zero-order valence-electron chi connectivity index (χ0n) is 17.0. The van der Waals surface area contributed by atoms with Crippen molar-refractivity contribution < 1.29 is 19.4 Å². The first kappa shape index (κ1) is 21.0. The van der Waals surface area contributed by atoms with Crippen LogP contribution in [0.25, 0.3) is 11.1 Å². The molecule has 8 heteroatoms. The van der Waals surface area contributed by atoms with E-state index in [1.54, 1.807) is 0 Å². The van der Waals surface area contributed by atoms with Crippen molar-refractivity contribution in [2.75, 3.05) is 6.54 Å². The molecule has 1 amide bonds. The number of carbonyl (C=O) groups excluding carboxylic acids is 1. The summed E-state index contributed by atoms with van der Waals surface area (Å²) in [6.07, 6.45) is 1.02. The average Bonchev–Trinajstić information content (AvgIpc) is 3.23. The Bertz CT molecular complexity index is 1220. The first-order chi connectivity index (χ1) is 15.5. The van der Waals surface area contributed by atoms with Crippen LogP contribution in [0.2, 0.25) is 0 Å². The maximum Gasteiger partial charge on any atom is 0.255 e. The minimum Gasteiger partial charge on any atom is -0.504 e. The smallest absolute Gasteiger partial charge is 0.255 e. The van der Waals surface area contributed by atoms with Crippen LogP contribution in [0, 0.1) is 5.82 Å². The monoisotopic (exact) mass is 432 g/mol. The molecular weight excluding hydrogens is 411 g/mol. The lowest BCUT2D eigenvalue weighted by Crippen LogP contribution is -2.26. The molecule has 0 aliphatic carbocycles. The van der Waals surface area contributed by atoms with Crippen molar-refractivity contribution in [1.82, 2.24) is 20.5 Å². The van der Waals surface area contributed by atoms with Gasteiger partial charge in [-0.2, -0.15) is 5.10 Å². The van der Waals surface area contributed by atoms with E-state index in [4.69, 9.17) is 0 Å². The van der Waals surface area contributed by atoms with Crippen LogP contribution >= 0.6 is 0 Å². The number of amides is 1. The maximum absolute atomic E-state index is 13.2. The number of halogens is 1. The van der Waals surface area contributed by atoms with Gasteiger partial charge in [-0.25, -0.2) is 9.37 Å². The number of hydrogen-bond acceptors (Lipinski definition) is 5. The topological polar surface area (TPSA) is 111 Å². The van der Waals surface area contributed by atoms with E-state index in [9.17, 15) is 19.4 Å². The van der Waals surface area contributed by atoms with Gasteiger partial charge in [0.15, 0.2) is 17.3 Å². The van der Waals surface area contributed by atoms with Crippen molar-refractivity contribution in [2.24, 2.45) is 0 Å². The molecule has 162 valence electrons. The molecule has 0 aliphatic heterocycles. The van der Waals surface area contributed by atoms with Gasteiger partial charge in [0, 0.05) is 19.4 Å². The Morgan fingerprint density at radius 3 is 2.50 bits per heavy atom. The summed E-state index contributed by atoms with van der Waals surface area (Å²) in [5.74, 6) is -0.612. The number of benzene rings is 3. The molecule has 0 unspecified atom stereocenters. The van der Waals surface area contributed by atoms with E-state index >= 15 is 0 Å². The molecule has 1 heterocycles. The molecule has 0 fully saturated rings. The van der Waals surface area contributed by atoms with Crippen LogP contribution in [0.4, 0.5) is 4.39 Å². The zero-order chi connectivity index (χ0) is 22.5. The fourth-order valence-electron chi connectivity index (χ4n) is 3.30. The summed E-state index contributed by atoms with van der Waals surface area (Å²) in [4.78, 5) is 17.0. The molecule has 0 radical (unpaired) electrons. The lowest BCUT2D eigenvalue weighted by atomic mass is 10.0. The number of phenolic OH excluding ortho intramolecular Hbond substituents is 2. The van der Waals surface area contributed by atoms with Gasteiger partial charge in [0.1, 0.15) is 11.6 Å². The molecule has 0 saturated carbocycles. The van der Waals surface area contributed by atoms with Crippen molar-refractivity contribution >= 4 is 5.91 Å². The third-order valence-corrected chi connectivity index (χ3v) is 4.94. The third kappa shape index (κ3) is 4.92. The summed E-state index contributed by atoms with van der Waals surface area (Å²) >= 11 is 0. The maximum atomic E-state index is 13.2. The Kier molecular flexibility index (Phi) is 6.12. The lowest BCUT2D eigenvalue weighted by molar-refractivity contribution is 0.0950. The van der Waals surface area contributed by atoms with E-state index in [0.29, 0.717) is 29.8 Å². The minimum absolute atomic E-state index is 0.0796. The number of hydrogen-bond donors (Lipinski definition) is 4. The Morgan fingerprint density at radius 1 is 1.00 bits per heavy atom. The van der Waals surface area contributed by atoms with Gasteiger partial charge in [-0.05, 0) is 41.0 Å². The first-order valence-corrected chi connectivity index (χ1v) is 10.0. The van der Waals surface area contributed by atoms with Crippen LogP contribution in [-0.2, 0) is 12.8 Å². The molecule has 3 aromatic carbocycles. The largest absolute Gasteiger partial charge is 0.504 e. The highest BCUT2D eigenvalue weighted by Crippen LogP contribution is 2.34. The second-order valence-corrected chi connectivity index (χ2v) is 7.27. The molecular formula is C24H21FN4O3. The summed E-state index contributed by atoms with van der Waals surface area (Å²) in [5.41, 5.74) is 2.11. The molecule has 7 nitrogen and oxygen atoms in total. The summed E-state index contributed by atoms with van der Waals surface area (Å²) in [5, 5.41) is 29.9. The number of nitrogens with zero attached hydrogens (tertiary/aromatic N) is 2. The third-order valence-electron chi connectivity index (χ3n) is 4.94. The summed E-state index contributed by atoms with van der Waals surface area (Å²) in [6.45, 7) is 0.239. The number of phenols is 2. The molecule has 0 bridgehead atoms. The predicted octanol–water partition coefficient (Wildman–Crippen LogP) is 3.59. The number of aromatic amines is 1. The number of H-pyrrole nitrogens is 1. The number of nitrogens with one attached hydrogen (secondary N) is 2. The molecule has 0 spiro atoms. The van der Waals surface area contributed by atoms with Gasteiger partial charge in [0.2, 0.25) is 0 Å². The van der Waals surface area contributed by atoms with Crippen molar-refractivity contribution in [3.8, 4) is 22.6 Å². The molecule has 4 rings (SSSR count). The number of rotatable bonds is 7. The van der Waals surface area contributed by atoms with E-state index in [1.807, 2.05) is 30.3 Å². The van der Waals surface area contributed by atoms with Crippen LogP contribution < -0.4 is 5.32 Å². The fraction of sp³-hybridized carbons (Fsp3) is 0.125. The molecule has 0 atom stereocenters. The van der Waals surface area contributed by atoms with E-state index in [2.05, 4.69) is 20.5 Å². The molecule has 4 aromatic rings. The Labute approximate surface area is 183 Å². The van der Waals surface area contributed by atoms with Gasteiger partial charge in [0.25, 0.3) is 5.91 Å². The van der Waals surface area contributed by atoms with Crippen molar-refractivity contribution in [2.45, 2.75) is 12.8 Å². The highest BCUT2D eigenvalue weighted by atomic mass is 19.1.